The first-order valence-electron chi connectivity index (χ1n) is 6.87. The Morgan fingerprint density at radius 2 is 1.43 bits per heavy atom. The molecule has 4 nitrogen and oxygen atoms in total. The SMILES string of the molecule is NCc1ccc(C(O)c2ccc(CCC(=O)O)cc2)cc1. The van der Waals surface area contributed by atoms with Crippen molar-refractivity contribution in [3.8, 4) is 0 Å². The van der Waals surface area contributed by atoms with Gasteiger partial charge in [0, 0.05) is 13.0 Å². The smallest absolute Gasteiger partial charge is 0.303 e. The van der Waals surface area contributed by atoms with Gasteiger partial charge in [0.2, 0.25) is 0 Å². The molecule has 2 aromatic rings. The van der Waals surface area contributed by atoms with E-state index >= 15 is 0 Å². The highest BCUT2D eigenvalue weighted by atomic mass is 16.4. The van der Waals surface area contributed by atoms with E-state index in [1.165, 1.54) is 0 Å². The van der Waals surface area contributed by atoms with Crippen LogP contribution in [0.5, 0.6) is 0 Å². The molecule has 0 saturated carbocycles. The second-order valence-corrected chi connectivity index (χ2v) is 4.98. The molecular formula is C17H19NO3. The van der Waals surface area contributed by atoms with E-state index < -0.39 is 12.1 Å². The highest BCUT2D eigenvalue weighted by Crippen LogP contribution is 2.22. The fourth-order valence-corrected chi connectivity index (χ4v) is 2.15. The molecule has 0 aliphatic carbocycles. The molecule has 0 aliphatic rings. The van der Waals surface area contributed by atoms with E-state index in [4.69, 9.17) is 10.8 Å². The second-order valence-electron chi connectivity index (χ2n) is 4.98. The van der Waals surface area contributed by atoms with Gasteiger partial charge in [-0.15, -0.1) is 0 Å². The quantitative estimate of drug-likeness (QED) is 0.760. The van der Waals surface area contributed by atoms with E-state index in [1.807, 2.05) is 48.5 Å². The van der Waals surface area contributed by atoms with Gasteiger partial charge in [0.25, 0.3) is 0 Å². The topological polar surface area (TPSA) is 83.5 Å². The average Bonchev–Trinajstić information content (AvgIpc) is 2.53. The number of aliphatic hydroxyl groups excluding tert-OH is 1. The van der Waals surface area contributed by atoms with E-state index in [9.17, 15) is 9.90 Å². The van der Waals surface area contributed by atoms with E-state index in [-0.39, 0.29) is 6.42 Å². The van der Waals surface area contributed by atoms with E-state index in [0.717, 1.165) is 22.3 Å². The number of hydrogen-bond donors (Lipinski definition) is 3. The van der Waals surface area contributed by atoms with Gasteiger partial charge in [-0.2, -0.15) is 0 Å². The molecule has 0 saturated heterocycles. The van der Waals surface area contributed by atoms with Crippen LogP contribution in [0.4, 0.5) is 0 Å². The zero-order chi connectivity index (χ0) is 15.2. The molecule has 0 amide bonds. The van der Waals surface area contributed by atoms with Crippen molar-refractivity contribution in [1.29, 1.82) is 0 Å². The van der Waals surface area contributed by atoms with Crippen LogP contribution in [0.15, 0.2) is 48.5 Å². The molecule has 4 heteroatoms. The lowest BCUT2D eigenvalue weighted by atomic mass is 9.98. The standard InChI is InChI=1S/C17H19NO3/c18-11-13-3-8-15(9-4-13)17(21)14-6-1-12(2-7-14)5-10-16(19)20/h1-4,6-9,17,21H,5,10-11,18H2,(H,19,20). The maximum atomic E-state index is 10.5. The minimum Gasteiger partial charge on any atom is -0.481 e. The maximum Gasteiger partial charge on any atom is 0.303 e. The number of aliphatic carboxylic acids is 1. The number of carbonyl (C=O) groups is 1. The van der Waals surface area contributed by atoms with Gasteiger partial charge >= 0.3 is 5.97 Å². The minimum atomic E-state index is -0.806. The summed E-state index contributed by atoms with van der Waals surface area (Å²) in [6.45, 7) is 0.481. The van der Waals surface area contributed by atoms with Gasteiger partial charge in [0.15, 0.2) is 0 Å². The molecule has 0 aliphatic heterocycles. The highest BCUT2D eigenvalue weighted by Gasteiger charge is 2.10. The predicted molar refractivity (Wildman–Crippen MR) is 80.8 cm³/mol. The van der Waals surface area contributed by atoms with Gasteiger partial charge in [0.05, 0.1) is 0 Å². The fourth-order valence-electron chi connectivity index (χ4n) is 2.15. The summed E-state index contributed by atoms with van der Waals surface area (Å²) in [7, 11) is 0. The third-order valence-corrected chi connectivity index (χ3v) is 3.45. The summed E-state index contributed by atoms with van der Waals surface area (Å²) >= 11 is 0. The monoisotopic (exact) mass is 285 g/mol. The van der Waals surface area contributed by atoms with Crippen LogP contribution >= 0.6 is 0 Å². The maximum absolute atomic E-state index is 10.5. The number of carboxylic acid groups (broad SMARTS) is 1. The van der Waals surface area contributed by atoms with Gasteiger partial charge < -0.3 is 15.9 Å². The van der Waals surface area contributed by atoms with Crippen molar-refractivity contribution in [2.75, 3.05) is 0 Å². The van der Waals surface area contributed by atoms with Crippen molar-refractivity contribution in [3.63, 3.8) is 0 Å². The minimum absolute atomic E-state index is 0.114. The third-order valence-electron chi connectivity index (χ3n) is 3.45. The Morgan fingerprint density at radius 1 is 0.952 bits per heavy atom. The molecule has 110 valence electrons. The summed E-state index contributed by atoms with van der Waals surface area (Å²) in [5.41, 5.74) is 9.12. The molecule has 0 fully saturated rings. The van der Waals surface area contributed by atoms with E-state index in [0.29, 0.717) is 13.0 Å². The first-order valence-corrected chi connectivity index (χ1v) is 6.87. The molecule has 4 N–H and O–H groups in total. The zero-order valence-corrected chi connectivity index (χ0v) is 11.7. The molecule has 0 heterocycles. The Hall–Kier alpha value is -2.17. The largest absolute Gasteiger partial charge is 0.481 e. The number of nitrogens with two attached hydrogens (primary N) is 1. The van der Waals surface area contributed by atoms with Crippen molar-refractivity contribution in [1.82, 2.24) is 0 Å². The van der Waals surface area contributed by atoms with Crippen molar-refractivity contribution >= 4 is 5.97 Å². The number of carboxylic acids is 1. The van der Waals surface area contributed by atoms with Crippen molar-refractivity contribution in [3.05, 3.63) is 70.8 Å². The molecule has 21 heavy (non-hydrogen) atoms. The van der Waals surface area contributed by atoms with Crippen LogP contribution in [0, 0.1) is 0 Å². The number of aliphatic hydroxyl groups is 1. The molecule has 2 aromatic carbocycles. The van der Waals surface area contributed by atoms with Gasteiger partial charge in [-0.25, -0.2) is 0 Å². The zero-order valence-electron chi connectivity index (χ0n) is 11.7. The number of benzene rings is 2. The van der Waals surface area contributed by atoms with Crippen LogP contribution in [0.2, 0.25) is 0 Å². The van der Waals surface area contributed by atoms with Gasteiger partial charge in [-0.3, -0.25) is 4.79 Å². The number of aryl methyl sites for hydroxylation is 1. The van der Waals surface area contributed by atoms with Gasteiger partial charge in [0.1, 0.15) is 6.10 Å². The first-order chi connectivity index (χ1) is 10.1. The number of rotatable bonds is 6. The highest BCUT2D eigenvalue weighted by molar-refractivity contribution is 5.67. The summed E-state index contributed by atoms with van der Waals surface area (Å²) in [6.07, 6.45) is -0.0790. The van der Waals surface area contributed by atoms with Crippen LogP contribution in [-0.2, 0) is 17.8 Å². The lowest BCUT2D eigenvalue weighted by Crippen LogP contribution is -2.02. The number of hydrogen-bond acceptors (Lipinski definition) is 3. The van der Waals surface area contributed by atoms with Crippen molar-refractivity contribution in [2.24, 2.45) is 5.73 Å². The average molecular weight is 285 g/mol. The summed E-state index contributed by atoms with van der Waals surface area (Å²) in [6, 6.07) is 14.9. The molecule has 1 unspecified atom stereocenters. The Balaban J connectivity index is 2.07. The first kappa shape index (κ1) is 15.2. The van der Waals surface area contributed by atoms with Crippen LogP contribution < -0.4 is 5.73 Å². The molecule has 1 atom stereocenters. The van der Waals surface area contributed by atoms with Crippen molar-refractivity contribution in [2.45, 2.75) is 25.5 Å². The molecule has 0 aromatic heterocycles. The van der Waals surface area contributed by atoms with Crippen LogP contribution in [0.1, 0.15) is 34.8 Å². The molecule has 0 spiro atoms. The van der Waals surface area contributed by atoms with Gasteiger partial charge in [-0.05, 0) is 28.7 Å². The lowest BCUT2D eigenvalue weighted by Gasteiger charge is -2.12. The summed E-state index contributed by atoms with van der Waals surface area (Å²) in [5, 5.41) is 19.0. The summed E-state index contributed by atoms with van der Waals surface area (Å²) in [5.74, 6) is -0.806. The van der Waals surface area contributed by atoms with Gasteiger partial charge in [-0.1, -0.05) is 48.5 Å². The molecular weight excluding hydrogens is 266 g/mol. The second kappa shape index (κ2) is 7.02. The Morgan fingerprint density at radius 3 is 1.86 bits per heavy atom. The van der Waals surface area contributed by atoms with Crippen LogP contribution in [0.3, 0.4) is 0 Å². The van der Waals surface area contributed by atoms with E-state index in [2.05, 4.69) is 0 Å². The Bertz CT molecular complexity index is 590. The normalized spacial score (nSPS) is 12.1. The van der Waals surface area contributed by atoms with Crippen molar-refractivity contribution < 1.29 is 15.0 Å². The van der Waals surface area contributed by atoms with Crippen LogP contribution in [0.25, 0.3) is 0 Å². The lowest BCUT2D eigenvalue weighted by molar-refractivity contribution is -0.136. The molecule has 0 radical (unpaired) electrons. The Labute approximate surface area is 123 Å². The Kier molecular flexibility index (Phi) is 5.09. The third kappa shape index (κ3) is 4.15. The summed E-state index contributed by atoms with van der Waals surface area (Å²) < 4.78 is 0. The molecule has 0 bridgehead atoms. The predicted octanol–water partition coefficient (Wildman–Crippen LogP) is 2.24. The fraction of sp³-hybridized carbons (Fsp3) is 0.235. The summed E-state index contributed by atoms with van der Waals surface area (Å²) in [4.78, 5) is 10.5. The van der Waals surface area contributed by atoms with Crippen LogP contribution in [-0.4, -0.2) is 16.2 Å². The molecule has 2 rings (SSSR count). The van der Waals surface area contributed by atoms with E-state index in [1.54, 1.807) is 0 Å².